The predicted molar refractivity (Wildman–Crippen MR) is 128 cm³/mol. The maximum atomic E-state index is 13.2. The Kier molecular flexibility index (Phi) is 8.01. The molecule has 38 heavy (non-hydrogen) atoms. The minimum atomic E-state index is -4.80. The minimum absolute atomic E-state index is 0.146. The van der Waals surface area contributed by atoms with E-state index in [2.05, 4.69) is 20.0 Å². The second-order valence-electron chi connectivity index (χ2n) is 8.55. The number of carbonyl (C=O) groups excluding carboxylic acids is 1. The number of nitrogens with one attached hydrogen (secondary N) is 2. The van der Waals surface area contributed by atoms with Gasteiger partial charge in [0.05, 0.1) is 11.7 Å². The van der Waals surface area contributed by atoms with E-state index in [0.717, 1.165) is 0 Å². The molecule has 3 atom stereocenters. The van der Waals surface area contributed by atoms with Gasteiger partial charge >= 0.3 is 16.7 Å². The third kappa shape index (κ3) is 7.06. The van der Waals surface area contributed by atoms with Crippen molar-refractivity contribution in [1.29, 1.82) is 0 Å². The number of aliphatic hydroxyl groups excluding tert-OH is 1. The zero-order valence-corrected chi connectivity index (χ0v) is 20.7. The Morgan fingerprint density at radius 2 is 2.05 bits per heavy atom. The van der Waals surface area contributed by atoms with E-state index in [4.69, 9.17) is 4.18 Å². The van der Waals surface area contributed by atoms with Gasteiger partial charge < -0.3 is 19.7 Å². The highest BCUT2D eigenvalue weighted by Crippen LogP contribution is 2.28. The maximum absolute atomic E-state index is 13.2. The molecule has 204 valence electrons. The van der Waals surface area contributed by atoms with Gasteiger partial charge in [0.25, 0.3) is 0 Å². The average Bonchev–Trinajstić information content (AvgIpc) is 3.44. The summed E-state index contributed by atoms with van der Waals surface area (Å²) in [5, 5.41) is 13.3. The molecule has 0 radical (unpaired) electrons. The normalized spacial score (nSPS) is 19.9. The number of rotatable bonds is 10. The third-order valence-electron chi connectivity index (χ3n) is 5.78. The van der Waals surface area contributed by atoms with Gasteiger partial charge in [-0.2, -0.15) is 13.1 Å². The van der Waals surface area contributed by atoms with Crippen molar-refractivity contribution in [2.24, 2.45) is 0 Å². The zero-order chi connectivity index (χ0) is 27.5. The summed E-state index contributed by atoms with van der Waals surface area (Å²) >= 11 is 0. The molecule has 1 aliphatic carbocycles. The molecular weight excluding hydrogens is 531 g/mol. The van der Waals surface area contributed by atoms with Gasteiger partial charge in [-0.25, -0.2) is 9.97 Å². The molecule has 0 saturated heterocycles. The molecule has 3 aromatic rings. The molecule has 1 fully saturated rings. The van der Waals surface area contributed by atoms with Crippen LogP contribution in [0.3, 0.4) is 0 Å². The minimum Gasteiger partial charge on any atom is -0.406 e. The molecular formula is C23H24F3N5O6S. The number of alkyl halides is 3. The van der Waals surface area contributed by atoms with Crippen molar-refractivity contribution in [2.75, 3.05) is 12.4 Å². The van der Waals surface area contributed by atoms with E-state index in [9.17, 15) is 31.5 Å². The molecule has 2 heterocycles. The molecule has 1 aromatic carbocycles. The van der Waals surface area contributed by atoms with Crippen LogP contribution in [0.25, 0.3) is 0 Å². The first-order chi connectivity index (χ1) is 17.9. The van der Waals surface area contributed by atoms with Crippen LogP contribution in [-0.2, 0) is 21.0 Å². The Labute approximate surface area is 215 Å². The number of aliphatic hydroxyl groups is 1. The van der Waals surface area contributed by atoms with E-state index in [0.29, 0.717) is 11.1 Å². The number of carbonyl (C=O) groups is 1. The average molecular weight is 556 g/mol. The number of nitrogens with zero attached hydrogens (tertiary/aromatic N) is 3. The zero-order valence-electron chi connectivity index (χ0n) is 19.9. The van der Waals surface area contributed by atoms with E-state index in [1.54, 1.807) is 29.1 Å². The molecule has 1 aliphatic rings. The Morgan fingerprint density at radius 3 is 2.79 bits per heavy atom. The van der Waals surface area contributed by atoms with Crippen molar-refractivity contribution in [3.05, 3.63) is 71.9 Å². The first kappa shape index (κ1) is 27.5. The molecule has 0 amide bonds. The van der Waals surface area contributed by atoms with Crippen LogP contribution in [0.2, 0.25) is 0 Å². The maximum Gasteiger partial charge on any atom is 0.573 e. The predicted octanol–water partition coefficient (Wildman–Crippen LogP) is 2.24. The number of halogens is 3. The molecule has 0 aliphatic heterocycles. The van der Waals surface area contributed by atoms with Crippen LogP contribution < -0.4 is 14.8 Å². The second-order valence-corrected chi connectivity index (χ2v) is 10.1. The fourth-order valence-corrected chi connectivity index (χ4v) is 4.72. The lowest BCUT2D eigenvalue weighted by molar-refractivity contribution is -0.274. The van der Waals surface area contributed by atoms with Crippen LogP contribution in [0.1, 0.15) is 34.3 Å². The first-order valence-corrected chi connectivity index (χ1v) is 12.7. The smallest absolute Gasteiger partial charge is 0.406 e. The highest BCUT2D eigenvalue weighted by Gasteiger charge is 2.37. The Morgan fingerprint density at radius 1 is 1.26 bits per heavy atom. The fraction of sp³-hybridized carbons (Fsp3) is 0.348. The number of hydrogen-bond acceptors (Lipinski definition) is 9. The Bertz CT molecular complexity index is 1400. The van der Waals surface area contributed by atoms with Crippen LogP contribution >= 0.6 is 0 Å². The van der Waals surface area contributed by atoms with E-state index < -0.39 is 40.7 Å². The summed E-state index contributed by atoms with van der Waals surface area (Å²) in [7, 11) is -2.81. The van der Waals surface area contributed by atoms with Gasteiger partial charge in [-0.05, 0) is 36.6 Å². The first-order valence-electron chi connectivity index (χ1n) is 11.3. The molecule has 4 rings (SSSR count). The molecule has 15 heteroatoms. The van der Waals surface area contributed by atoms with Crippen molar-refractivity contribution >= 4 is 21.9 Å². The number of benzene rings is 1. The molecule has 0 bridgehead atoms. The van der Waals surface area contributed by atoms with Crippen LogP contribution in [-0.4, -0.2) is 65.5 Å². The Hall–Kier alpha value is -3.53. The van der Waals surface area contributed by atoms with Gasteiger partial charge in [0.15, 0.2) is 5.78 Å². The van der Waals surface area contributed by atoms with Gasteiger partial charge in [0.1, 0.15) is 24.0 Å². The summed E-state index contributed by atoms with van der Waals surface area (Å²) in [5.41, 5.74) is 0.967. The van der Waals surface area contributed by atoms with Crippen molar-refractivity contribution in [3.63, 3.8) is 0 Å². The topological polar surface area (TPSA) is 145 Å². The van der Waals surface area contributed by atoms with E-state index in [1.807, 2.05) is 4.72 Å². The van der Waals surface area contributed by atoms with Crippen LogP contribution in [0.5, 0.6) is 5.75 Å². The molecule has 3 N–H and O–H groups in total. The lowest BCUT2D eigenvalue weighted by atomic mass is 10.1. The molecule has 1 saturated carbocycles. The summed E-state index contributed by atoms with van der Waals surface area (Å²) in [6.45, 7) is 0.190. The summed E-state index contributed by atoms with van der Waals surface area (Å²) in [6, 6.07) is 6.65. The lowest BCUT2D eigenvalue weighted by Gasteiger charge is -2.15. The number of ketones is 1. The van der Waals surface area contributed by atoms with Gasteiger partial charge in [-0.3, -0.25) is 8.98 Å². The SMILES string of the molecule is CNS(=O)(=O)O[C@@H]1C[C@H](Nc2ncncc2C(=O)c2ccn(Cc3cccc(OC(F)(F)F)c3)c2)C[C@@H]1O. The molecule has 0 unspecified atom stereocenters. The van der Waals surface area contributed by atoms with E-state index >= 15 is 0 Å². The summed E-state index contributed by atoms with van der Waals surface area (Å²) in [5.74, 6) is -0.557. The van der Waals surface area contributed by atoms with Crippen molar-refractivity contribution in [2.45, 2.75) is 44.0 Å². The van der Waals surface area contributed by atoms with Crippen LogP contribution in [0.15, 0.2) is 55.2 Å². The molecule has 2 aromatic heterocycles. The van der Waals surface area contributed by atoms with Crippen LogP contribution in [0.4, 0.5) is 19.0 Å². The standard InChI is InChI=1S/C23H24F3N5O6S/c1-27-38(34,35)37-20-9-16(8-19(20)32)30-22-18(10-28-13-29-22)21(33)15-5-6-31(12-15)11-14-3-2-4-17(7-14)36-23(24,25)26/h2-7,10,12-13,16,19-20,27,32H,8-9,11H2,1H3,(H,28,29,30)/t16-,19+,20-/m1/s1. The van der Waals surface area contributed by atoms with Gasteiger partial charge in [0, 0.05) is 43.8 Å². The quantitative estimate of drug-likeness (QED) is 0.321. The fourth-order valence-electron chi connectivity index (χ4n) is 4.09. The largest absolute Gasteiger partial charge is 0.573 e. The highest BCUT2D eigenvalue weighted by atomic mass is 32.2. The lowest BCUT2D eigenvalue weighted by Crippen LogP contribution is -2.31. The number of ether oxygens (including phenoxy) is 1. The summed E-state index contributed by atoms with van der Waals surface area (Å²) < 4.78 is 73.4. The number of aromatic nitrogens is 3. The monoisotopic (exact) mass is 555 g/mol. The second kappa shape index (κ2) is 11.1. The van der Waals surface area contributed by atoms with E-state index in [1.165, 1.54) is 37.8 Å². The van der Waals surface area contributed by atoms with Gasteiger partial charge in [-0.15, -0.1) is 13.2 Å². The van der Waals surface area contributed by atoms with Crippen molar-refractivity contribution in [1.82, 2.24) is 19.3 Å². The van der Waals surface area contributed by atoms with Crippen molar-refractivity contribution in [3.8, 4) is 5.75 Å². The molecule has 11 nitrogen and oxygen atoms in total. The van der Waals surface area contributed by atoms with Crippen LogP contribution in [0, 0.1) is 0 Å². The molecule has 0 spiro atoms. The van der Waals surface area contributed by atoms with Gasteiger partial charge in [-0.1, -0.05) is 12.1 Å². The summed E-state index contributed by atoms with van der Waals surface area (Å²) in [4.78, 5) is 21.3. The Balaban J connectivity index is 1.45. The number of anilines is 1. The van der Waals surface area contributed by atoms with E-state index in [-0.39, 0.29) is 36.5 Å². The highest BCUT2D eigenvalue weighted by molar-refractivity contribution is 7.84. The van der Waals surface area contributed by atoms with Gasteiger partial charge in [0.2, 0.25) is 0 Å². The number of hydrogen-bond donors (Lipinski definition) is 3. The summed E-state index contributed by atoms with van der Waals surface area (Å²) in [6.07, 6.45) is -0.790. The van der Waals surface area contributed by atoms with Crippen molar-refractivity contribution < 1.29 is 40.4 Å². The third-order valence-corrected chi connectivity index (χ3v) is 6.78.